The SMILES string of the molecule is CC(=O)c1ccc(-c2nccc3[nH]c(C4=NNCc5ncc(-c6cncc(NC(=O)C7CCC7)c6)cc54)nc23)s1. The molecule has 198 valence electrons. The standard InChI is InChI=1S/C29H24N8O2S/c1-15(38)23-5-6-24(40-23)27-26-21(7-8-31-27)35-28(36-26)25-20-10-18(12-32-22(20)14-33-37-25)17-9-19(13-30-11-17)34-29(39)16-3-2-4-16/h5-13,16,33H,2-4,14H2,1H3,(H,34,39)(H,35,36). The van der Waals surface area contributed by atoms with Crippen LogP contribution < -0.4 is 10.7 Å². The minimum absolute atomic E-state index is 0.0233. The first-order chi connectivity index (χ1) is 19.5. The average Bonchev–Trinajstić information content (AvgIpc) is 3.59. The molecule has 1 amide bonds. The number of aromatic amines is 1. The van der Waals surface area contributed by atoms with E-state index in [1.165, 1.54) is 11.3 Å². The molecule has 11 heteroatoms. The summed E-state index contributed by atoms with van der Waals surface area (Å²) in [6, 6.07) is 9.54. The van der Waals surface area contributed by atoms with E-state index in [4.69, 9.17) is 9.97 Å². The molecule has 10 nitrogen and oxygen atoms in total. The molecule has 0 atom stereocenters. The predicted molar refractivity (Wildman–Crippen MR) is 153 cm³/mol. The summed E-state index contributed by atoms with van der Waals surface area (Å²) in [7, 11) is 0. The minimum atomic E-state index is 0.0233. The highest BCUT2D eigenvalue weighted by molar-refractivity contribution is 7.17. The van der Waals surface area contributed by atoms with Gasteiger partial charge in [-0.05, 0) is 50.1 Å². The first kappa shape index (κ1) is 24.3. The largest absolute Gasteiger partial charge is 0.336 e. The lowest BCUT2D eigenvalue weighted by Crippen LogP contribution is -2.28. The minimum Gasteiger partial charge on any atom is -0.336 e. The van der Waals surface area contributed by atoms with Gasteiger partial charge in [0.15, 0.2) is 11.6 Å². The molecular weight excluding hydrogens is 524 g/mol. The van der Waals surface area contributed by atoms with Gasteiger partial charge in [0.25, 0.3) is 0 Å². The van der Waals surface area contributed by atoms with Crippen LogP contribution in [0.4, 0.5) is 5.69 Å². The van der Waals surface area contributed by atoms with E-state index >= 15 is 0 Å². The molecule has 0 unspecified atom stereocenters. The van der Waals surface area contributed by atoms with Crippen molar-refractivity contribution in [1.82, 2.24) is 30.3 Å². The second kappa shape index (κ2) is 9.76. The van der Waals surface area contributed by atoms with Crippen molar-refractivity contribution < 1.29 is 9.59 Å². The van der Waals surface area contributed by atoms with E-state index in [1.54, 1.807) is 25.5 Å². The van der Waals surface area contributed by atoms with Crippen LogP contribution in [0.1, 0.15) is 52.9 Å². The molecule has 1 saturated carbocycles. The molecule has 0 aromatic carbocycles. The molecule has 1 aliphatic carbocycles. The number of nitrogens with one attached hydrogen (secondary N) is 3. The highest BCUT2D eigenvalue weighted by atomic mass is 32.1. The summed E-state index contributed by atoms with van der Waals surface area (Å²) >= 11 is 1.40. The third kappa shape index (κ3) is 4.34. The van der Waals surface area contributed by atoms with E-state index in [0.717, 1.165) is 52.0 Å². The fourth-order valence-electron chi connectivity index (χ4n) is 4.89. The molecule has 2 aliphatic rings. The molecule has 1 fully saturated rings. The number of anilines is 1. The van der Waals surface area contributed by atoms with E-state index in [1.807, 2.05) is 36.5 Å². The third-order valence-electron chi connectivity index (χ3n) is 7.29. The maximum absolute atomic E-state index is 12.5. The van der Waals surface area contributed by atoms with Crippen LogP contribution in [0.2, 0.25) is 0 Å². The van der Waals surface area contributed by atoms with Gasteiger partial charge in [0.1, 0.15) is 16.9 Å². The molecule has 40 heavy (non-hydrogen) atoms. The summed E-state index contributed by atoms with van der Waals surface area (Å²) in [6.07, 6.45) is 9.94. The zero-order valence-corrected chi connectivity index (χ0v) is 22.4. The Morgan fingerprint density at radius 3 is 2.73 bits per heavy atom. The molecule has 3 N–H and O–H groups in total. The van der Waals surface area contributed by atoms with Crippen molar-refractivity contribution in [3.63, 3.8) is 0 Å². The topological polar surface area (TPSA) is 138 Å². The fraction of sp³-hybridized carbons (Fsp3) is 0.207. The quantitative estimate of drug-likeness (QED) is 0.256. The maximum atomic E-state index is 12.5. The van der Waals surface area contributed by atoms with Crippen molar-refractivity contribution in [2.45, 2.75) is 32.7 Å². The molecule has 6 heterocycles. The van der Waals surface area contributed by atoms with E-state index in [0.29, 0.717) is 39.9 Å². The Morgan fingerprint density at radius 1 is 1.05 bits per heavy atom. The van der Waals surface area contributed by atoms with E-state index in [2.05, 4.69) is 30.8 Å². The van der Waals surface area contributed by atoms with Crippen molar-refractivity contribution in [3.05, 3.63) is 77.1 Å². The molecule has 5 aromatic rings. The molecule has 5 aromatic heterocycles. The number of pyridine rings is 3. The highest BCUT2D eigenvalue weighted by Gasteiger charge is 2.26. The molecular formula is C29H24N8O2S. The fourth-order valence-corrected chi connectivity index (χ4v) is 5.79. The summed E-state index contributed by atoms with van der Waals surface area (Å²) < 4.78 is 0. The second-order valence-electron chi connectivity index (χ2n) is 9.95. The number of amides is 1. The average molecular weight is 549 g/mol. The van der Waals surface area contributed by atoms with Crippen molar-refractivity contribution in [3.8, 4) is 21.7 Å². The summed E-state index contributed by atoms with van der Waals surface area (Å²) in [4.78, 5) is 47.7. The Labute approximate surface area is 233 Å². The Hall–Kier alpha value is -4.77. The first-order valence-electron chi connectivity index (χ1n) is 13.1. The number of thiophene rings is 1. The Balaban J connectivity index is 1.23. The van der Waals surface area contributed by atoms with Crippen LogP contribution in [0.25, 0.3) is 32.7 Å². The Kier molecular flexibility index (Phi) is 5.93. The summed E-state index contributed by atoms with van der Waals surface area (Å²) in [5.41, 5.74) is 9.99. The number of aromatic nitrogens is 5. The maximum Gasteiger partial charge on any atom is 0.227 e. The van der Waals surface area contributed by atoms with Crippen LogP contribution in [0, 0.1) is 5.92 Å². The molecule has 0 radical (unpaired) electrons. The molecule has 7 rings (SSSR count). The number of hydrogen-bond donors (Lipinski definition) is 3. The molecule has 0 spiro atoms. The lowest BCUT2D eigenvalue weighted by atomic mass is 9.85. The number of Topliss-reactive ketones (excluding diaryl/α,β-unsaturated/α-hetero) is 1. The van der Waals surface area contributed by atoms with Gasteiger partial charge in [-0.1, -0.05) is 6.42 Å². The van der Waals surface area contributed by atoms with Gasteiger partial charge in [-0.2, -0.15) is 5.10 Å². The predicted octanol–water partition coefficient (Wildman–Crippen LogP) is 4.94. The summed E-state index contributed by atoms with van der Waals surface area (Å²) in [5, 5.41) is 7.59. The van der Waals surface area contributed by atoms with Crippen molar-refractivity contribution >= 4 is 45.5 Å². The number of ketones is 1. The molecule has 0 bridgehead atoms. The number of nitrogens with zero attached hydrogens (tertiary/aromatic N) is 5. The number of carbonyl (C=O) groups is 2. The van der Waals surface area contributed by atoms with Crippen LogP contribution in [0.5, 0.6) is 0 Å². The van der Waals surface area contributed by atoms with E-state index in [9.17, 15) is 9.59 Å². The van der Waals surface area contributed by atoms with Crippen molar-refractivity contribution in [1.29, 1.82) is 0 Å². The van der Waals surface area contributed by atoms with Gasteiger partial charge in [0.05, 0.1) is 39.4 Å². The van der Waals surface area contributed by atoms with Crippen molar-refractivity contribution in [2.24, 2.45) is 11.0 Å². The molecule has 0 saturated heterocycles. The van der Waals surface area contributed by atoms with Crippen LogP contribution in [-0.4, -0.2) is 42.3 Å². The normalized spacial score (nSPS) is 14.7. The lowest BCUT2D eigenvalue weighted by Gasteiger charge is -2.24. The van der Waals surface area contributed by atoms with Gasteiger partial charge in [0.2, 0.25) is 5.91 Å². The first-order valence-corrected chi connectivity index (χ1v) is 13.9. The number of carbonyl (C=O) groups excluding carboxylic acids is 2. The second-order valence-corrected chi connectivity index (χ2v) is 11.0. The van der Waals surface area contributed by atoms with Crippen LogP contribution >= 0.6 is 11.3 Å². The zero-order valence-electron chi connectivity index (χ0n) is 21.6. The third-order valence-corrected chi connectivity index (χ3v) is 8.48. The van der Waals surface area contributed by atoms with Crippen molar-refractivity contribution in [2.75, 3.05) is 5.32 Å². The van der Waals surface area contributed by atoms with Gasteiger partial charge in [-0.25, -0.2) is 4.98 Å². The smallest absolute Gasteiger partial charge is 0.227 e. The van der Waals surface area contributed by atoms with Gasteiger partial charge >= 0.3 is 0 Å². The number of fused-ring (bicyclic) bond motifs is 2. The zero-order chi connectivity index (χ0) is 27.2. The van der Waals surface area contributed by atoms with Crippen LogP contribution in [0.3, 0.4) is 0 Å². The number of rotatable bonds is 6. The number of imidazole rings is 1. The number of H-pyrrole nitrogens is 1. The van der Waals surface area contributed by atoms with Crippen LogP contribution in [-0.2, 0) is 11.3 Å². The van der Waals surface area contributed by atoms with Gasteiger partial charge < -0.3 is 15.7 Å². The highest BCUT2D eigenvalue weighted by Crippen LogP contribution is 2.33. The number of hydrazone groups is 1. The monoisotopic (exact) mass is 548 g/mol. The van der Waals surface area contributed by atoms with E-state index < -0.39 is 0 Å². The number of hydrogen-bond acceptors (Lipinski definition) is 9. The van der Waals surface area contributed by atoms with Gasteiger partial charge in [0, 0.05) is 41.2 Å². The van der Waals surface area contributed by atoms with Gasteiger partial charge in [-0.3, -0.25) is 24.5 Å². The van der Waals surface area contributed by atoms with E-state index in [-0.39, 0.29) is 17.6 Å². The lowest BCUT2D eigenvalue weighted by molar-refractivity contribution is -0.122. The Morgan fingerprint density at radius 2 is 1.93 bits per heavy atom. The summed E-state index contributed by atoms with van der Waals surface area (Å²) in [5.74, 6) is 0.749. The molecule has 1 aliphatic heterocycles. The van der Waals surface area contributed by atoms with Crippen LogP contribution in [0.15, 0.2) is 60.2 Å². The van der Waals surface area contributed by atoms with Gasteiger partial charge in [-0.15, -0.1) is 11.3 Å². The summed E-state index contributed by atoms with van der Waals surface area (Å²) in [6.45, 7) is 2.05. The Bertz CT molecular complexity index is 1830.